The number of hydrogen-bond acceptors (Lipinski definition) is 6. The van der Waals surface area contributed by atoms with Gasteiger partial charge in [-0.15, -0.1) is 0 Å². The fourth-order valence-electron chi connectivity index (χ4n) is 3.18. The SMILES string of the molecule is CC(OC(=O)Nc1ncoc1-c1ccc(-c2ccc(CC(=O)O)o2)cc1)c1ccccc1. The number of benzene rings is 2. The van der Waals surface area contributed by atoms with Crippen LogP contribution >= 0.6 is 0 Å². The Labute approximate surface area is 183 Å². The molecule has 0 spiro atoms. The van der Waals surface area contributed by atoms with Crippen molar-refractivity contribution in [2.45, 2.75) is 19.4 Å². The number of nitrogens with zero attached hydrogens (tertiary/aromatic N) is 1. The molecule has 4 rings (SSSR count). The Morgan fingerprint density at radius 3 is 2.47 bits per heavy atom. The Balaban J connectivity index is 1.44. The number of carbonyl (C=O) groups excluding carboxylic acids is 1. The van der Waals surface area contributed by atoms with Crippen LogP contribution in [0.2, 0.25) is 0 Å². The molecule has 8 nitrogen and oxygen atoms in total. The Hall–Kier alpha value is -4.33. The second-order valence-corrected chi connectivity index (χ2v) is 7.03. The number of aliphatic carboxylic acids is 1. The molecule has 2 aromatic heterocycles. The summed E-state index contributed by atoms with van der Waals surface area (Å²) < 4.78 is 16.5. The molecule has 1 unspecified atom stereocenters. The van der Waals surface area contributed by atoms with E-state index in [0.29, 0.717) is 22.8 Å². The van der Waals surface area contributed by atoms with Crippen molar-refractivity contribution >= 4 is 17.9 Å². The molecule has 0 bridgehead atoms. The predicted molar refractivity (Wildman–Crippen MR) is 116 cm³/mol. The average molecular weight is 432 g/mol. The highest BCUT2D eigenvalue weighted by Gasteiger charge is 2.17. The molecule has 2 heterocycles. The van der Waals surface area contributed by atoms with Gasteiger partial charge in [0.1, 0.15) is 24.0 Å². The summed E-state index contributed by atoms with van der Waals surface area (Å²) in [6, 6.07) is 20.0. The van der Waals surface area contributed by atoms with Crippen LogP contribution in [-0.2, 0) is 16.0 Å². The number of aromatic nitrogens is 1. The minimum Gasteiger partial charge on any atom is -0.481 e. The third-order valence-corrected chi connectivity index (χ3v) is 4.76. The number of carboxylic acid groups (broad SMARTS) is 1. The Kier molecular flexibility index (Phi) is 6.03. The Morgan fingerprint density at radius 2 is 1.75 bits per heavy atom. The van der Waals surface area contributed by atoms with Gasteiger partial charge in [0.2, 0.25) is 0 Å². The first-order chi connectivity index (χ1) is 15.5. The highest BCUT2D eigenvalue weighted by Crippen LogP contribution is 2.30. The molecule has 0 fully saturated rings. The van der Waals surface area contributed by atoms with Crippen molar-refractivity contribution < 1.29 is 28.3 Å². The standard InChI is InChI=1S/C24H20N2O6/c1-15(16-5-3-2-4-6-16)31-24(29)26-23-22(30-14-25-23)18-9-7-17(8-10-18)20-12-11-19(32-20)13-21(27)28/h2-12,14-15H,13H2,1H3,(H,26,29)(H,27,28). The molecular formula is C24H20N2O6. The second-order valence-electron chi connectivity index (χ2n) is 7.03. The number of ether oxygens (including phenoxy) is 1. The topological polar surface area (TPSA) is 115 Å². The lowest BCUT2D eigenvalue weighted by atomic mass is 10.1. The molecule has 2 N–H and O–H groups in total. The molecule has 0 aliphatic heterocycles. The number of oxazole rings is 1. The van der Waals surface area contributed by atoms with Crippen molar-refractivity contribution in [2.24, 2.45) is 0 Å². The first-order valence-electron chi connectivity index (χ1n) is 9.87. The molecule has 0 saturated carbocycles. The molecule has 0 aliphatic carbocycles. The maximum atomic E-state index is 12.3. The van der Waals surface area contributed by atoms with Gasteiger partial charge in [0.25, 0.3) is 0 Å². The van der Waals surface area contributed by atoms with Crippen LogP contribution in [0.25, 0.3) is 22.6 Å². The van der Waals surface area contributed by atoms with Crippen LogP contribution in [0.1, 0.15) is 24.4 Å². The zero-order chi connectivity index (χ0) is 22.5. The summed E-state index contributed by atoms with van der Waals surface area (Å²) in [7, 11) is 0. The molecule has 0 aliphatic rings. The van der Waals surface area contributed by atoms with Crippen LogP contribution in [-0.4, -0.2) is 22.2 Å². The lowest BCUT2D eigenvalue weighted by Gasteiger charge is -2.13. The highest BCUT2D eigenvalue weighted by atomic mass is 16.6. The molecular weight excluding hydrogens is 412 g/mol. The number of furan rings is 1. The Bertz CT molecular complexity index is 1210. The summed E-state index contributed by atoms with van der Waals surface area (Å²) in [5.41, 5.74) is 2.34. The first kappa shape index (κ1) is 20.9. The largest absolute Gasteiger partial charge is 0.481 e. The van der Waals surface area contributed by atoms with E-state index in [-0.39, 0.29) is 12.2 Å². The molecule has 162 valence electrons. The number of anilines is 1. The summed E-state index contributed by atoms with van der Waals surface area (Å²) in [5.74, 6) is 0.601. The van der Waals surface area contributed by atoms with E-state index in [1.54, 1.807) is 43.3 Å². The average Bonchev–Trinajstić information content (AvgIpc) is 3.43. The van der Waals surface area contributed by atoms with Crippen LogP contribution < -0.4 is 5.32 Å². The van der Waals surface area contributed by atoms with Crippen LogP contribution in [0.4, 0.5) is 10.6 Å². The monoisotopic (exact) mass is 432 g/mol. The molecule has 8 heteroatoms. The van der Waals surface area contributed by atoms with E-state index in [1.165, 1.54) is 6.39 Å². The molecule has 0 saturated heterocycles. The minimum atomic E-state index is -0.955. The summed E-state index contributed by atoms with van der Waals surface area (Å²) >= 11 is 0. The smallest absolute Gasteiger partial charge is 0.413 e. The van der Waals surface area contributed by atoms with E-state index < -0.39 is 18.2 Å². The minimum absolute atomic E-state index is 0.176. The molecule has 1 atom stereocenters. The van der Waals surface area contributed by atoms with Crippen LogP contribution in [0.15, 0.2) is 82.0 Å². The quantitative estimate of drug-likeness (QED) is 0.394. The highest BCUT2D eigenvalue weighted by molar-refractivity contribution is 5.88. The van der Waals surface area contributed by atoms with Crippen molar-refractivity contribution in [1.82, 2.24) is 4.98 Å². The van der Waals surface area contributed by atoms with Crippen molar-refractivity contribution in [3.63, 3.8) is 0 Å². The van der Waals surface area contributed by atoms with Crippen LogP contribution in [0, 0.1) is 0 Å². The van der Waals surface area contributed by atoms with E-state index in [9.17, 15) is 9.59 Å². The van der Waals surface area contributed by atoms with E-state index in [0.717, 1.165) is 11.1 Å². The lowest BCUT2D eigenvalue weighted by molar-refractivity contribution is -0.136. The first-order valence-corrected chi connectivity index (χ1v) is 9.87. The van der Waals surface area contributed by atoms with Crippen molar-refractivity contribution in [1.29, 1.82) is 0 Å². The molecule has 1 amide bonds. The van der Waals surface area contributed by atoms with Gasteiger partial charge in [0.05, 0.1) is 0 Å². The zero-order valence-corrected chi connectivity index (χ0v) is 17.1. The zero-order valence-electron chi connectivity index (χ0n) is 17.1. The van der Waals surface area contributed by atoms with Crippen LogP contribution in [0.5, 0.6) is 0 Å². The summed E-state index contributed by atoms with van der Waals surface area (Å²) in [6.07, 6.45) is -0.00577. The van der Waals surface area contributed by atoms with Gasteiger partial charge in [0.15, 0.2) is 18.0 Å². The van der Waals surface area contributed by atoms with E-state index >= 15 is 0 Å². The second kappa shape index (κ2) is 9.22. The van der Waals surface area contributed by atoms with Crippen molar-refractivity contribution in [3.05, 3.63) is 84.4 Å². The molecule has 4 aromatic rings. The molecule has 0 radical (unpaired) electrons. The third-order valence-electron chi connectivity index (χ3n) is 4.76. The number of carboxylic acids is 1. The number of carbonyl (C=O) groups is 2. The van der Waals surface area contributed by atoms with Gasteiger partial charge in [-0.05, 0) is 24.6 Å². The van der Waals surface area contributed by atoms with Crippen LogP contribution in [0.3, 0.4) is 0 Å². The van der Waals surface area contributed by atoms with Gasteiger partial charge >= 0.3 is 12.1 Å². The van der Waals surface area contributed by atoms with E-state index in [2.05, 4.69) is 10.3 Å². The fraction of sp³-hybridized carbons (Fsp3) is 0.125. The number of rotatable bonds is 7. The lowest BCUT2D eigenvalue weighted by Crippen LogP contribution is -2.16. The number of nitrogens with one attached hydrogen (secondary N) is 1. The maximum absolute atomic E-state index is 12.3. The normalized spacial score (nSPS) is 11.7. The summed E-state index contributed by atoms with van der Waals surface area (Å²) in [4.78, 5) is 27.2. The van der Waals surface area contributed by atoms with E-state index in [1.807, 2.05) is 30.3 Å². The number of hydrogen-bond donors (Lipinski definition) is 2. The fourth-order valence-corrected chi connectivity index (χ4v) is 3.18. The van der Waals surface area contributed by atoms with Gasteiger partial charge in [-0.1, -0.05) is 54.6 Å². The van der Waals surface area contributed by atoms with Gasteiger partial charge in [0, 0.05) is 11.1 Å². The van der Waals surface area contributed by atoms with Gasteiger partial charge in [-0.2, -0.15) is 4.98 Å². The van der Waals surface area contributed by atoms with Gasteiger partial charge < -0.3 is 18.7 Å². The third kappa shape index (κ3) is 4.86. The Morgan fingerprint density at radius 1 is 1.03 bits per heavy atom. The predicted octanol–water partition coefficient (Wildman–Crippen LogP) is 5.54. The van der Waals surface area contributed by atoms with E-state index in [4.69, 9.17) is 18.7 Å². The molecule has 32 heavy (non-hydrogen) atoms. The van der Waals surface area contributed by atoms with Gasteiger partial charge in [-0.3, -0.25) is 10.1 Å². The summed E-state index contributed by atoms with van der Waals surface area (Å²) in [5, 5.41) is 11.5. The maximum Gasteiger partial charge on any atom is 0.413 e. The number of amides is 1. The van der Waals surface area contributed by atoms with Crippen molar-refractivity contribution in [3.8, 4) is 22.6 Å². The molecule has 2 aromatic carbocycles. The van der Waals surface area contributed by atoms with Crippen molar-refractivity contribution in [2.75, 3.05) is 5.32 Å². The summed E-state index contributed by atoms with van der Waals surface area (Å²) in [6.45, 7) is 1.79. The van der Waals surface area contributed by atoms with Gasteiger partial charge in [-0.25, -0.2) is 4.79 Å².